The van der Waals surface area contributed by atoms with Crippen molar-refractivity contribution in [2.24, 2.45) is 5.73 Å². The lowest BCUT2D eigenvalue weighted by molar-refractivity contribution is -0.00388. The number of pyridine rings is 2. The number of hydrogen-bond acceptors (Lipinski definition) is 11. The maximum absolute atomic E-state index is 5.89. The first-order chi connectivity index (χ1) is 19.3. The van der Waals surface area contributed by atoms with E-state index in [1.54, 1.807) is 18.6 Å². The Kier molecular flexibility index (Phi) is 11.9. The van der Waals surface area contributed by atoms with Gasteiger partial charge in [0.2, 0.25) is 5.89 Å². The van der Waals surface area contributed by atoms with E-state index in [2.05, 4.69) is 15.0 Å². The summed E-state index contributed by atoms with van der Waals surface area (Å²) in [7, 11) is 0. The van der Waals surface area contributed by atoms with Gasteiger partial charge in [0, 0.05) is 25.0 Å². The molecule has 0 unspecified atom stereocenters. The molecule has 3 heterocycles. The van der Waals surface area contributed by atoms with Crippen molar-refractivity contribution in [2.45, 2.75) is 6.61 Å². The number of rotatable bonds is 19. The van der Waals surface area contributed by atoms with E-state index in [-0.39, 0.29) is 0 Å². The van der Waals surface area contributed by atoms with E-state index in [1.165, 1.54) is 0 Å². The second-order valence-corrected chi connectivity index (χ2v) is 8.25. The molecule has 2 N–H and O–H groups in total. The molecular formula is C28H34N4O7. The van der Waals surface area contributed by atoms with Crippen LogP contribution in [0.15, 0.2) is 65.5 Å². The Morgan fingerprint density at radius 2 is 1.44 bits per heavy atom. The number of fused-ring (bicyclic) bond motifs is 1. The quantitative estimate of drug-likeness (QED) is 0.176. The van der Waals surface area contributed by atoms with E-state index in [9.17, 15) is 0 Å². The molecule has 0 aliphatic heterocycles. The third-order valence-electron chi connectivity index (χ3n) is 5.33. The maximum atomic E-state index is 5.89. The molecule has 11 nitrogen and oxygen atoms in total. The summed E-state index contributed by atoms with van der Waals surface area (Å²) in [6.07, 6.45) is 5.10. The molecule has 3 aromatic heterocycles. The predicted molar refractivity (Wildman–Crippen MR) is 144 cm³/mol. The third kappa shape index (κ3) is 9.89. The number of oxazole rings is 1. The van der Waals surface area contributed by atoms with Gasteiger partial charge in [0.25, 0.3) is 0 Å². The second kappa shape index (κ2) is 16.4. The van der Waals surface area contributed by atoms with E-state index in [0.29, 0.717) is 101 Å². The molecule has 0 atom stereocenters. The minimum Gasteiger partial charge on any atom is -0.490 e. The predicted octanol–water partition coefficient (Wildman–Crippen LogP) is 3.27. The van der Waals surface area contributed by atoms with E-state index < -0.39 is 0 Å². The van der Waals surface area contributed by atoms with Crippen LogP contribution in [0.3, 0.4) is 0 Å². The Morgan fingerprint density at radius 1 is 0.718 bits per heavy atom. The lowest BCUT2D eigenvalue weighted by Crippen LogP contribution is -2.15. The summed E-state index contributed by atoms with van der Waals surface area (Å²) in [4.78, 5) is 13.1. The standard InChI is InChI=1S/C28H34N4O7/c29-7-9-33-10-11-34-12-13-35-14-15-36-16-17-37-25-4-3-23(31-20-25)21-38-24-5-6-27-26(18-24)32-28(39-27)22-2-1-8-30-19-22/h1-6,8,18-20H,7,9-17,21,29H2. The van der Waals surface area contributed by atoms with Gasteiger partial charge >= 0.3 is 0 Å². The summed E-state index contributed by atoms with van der Waals surface area (Å²) >= 11 is 0. The van der Waals surface area contributed by atoms with Crippen molar-refractivity contribution in [2.75, 3.05) is 66.0 Å². The number of hydrogen-bond donors (Lipinski definition) is 1. The highest BCUT2D eigenvalue weighted by Crippen LogP contribution is 2.26. The molecule has 0 aliphatic carbocycles. The smallest absolute Gasteiger partial charge is 0.228 e. The third-order valence-corrected chi connectivity index (χ3v) is 5.33. The molecule has 0 aliphatic rings. The van der Waals surface area contributed by atoms with Crippen molar-refractivity contribution in [1.82, 2.24) is 15.0 Å². The van der Waals surface area contributed by atoms with Crippen molar-refractivity contribution in [1.29, 1.82) is 0 Å². The van der Waals surface area contributed by atoms with Crippen molar-refractivity contribution >= 4 is 11.1 Å². The number of nitrogens with two attached hydrogens (primary N) is 1. The van der Waals surface area contributed by atoms with Gasteiger partial charge < -0.3 is 38.6 Å². The van der Waals surface area contributed by atoms with Gasteiger partial charge in [0.05, 0.1) is 70.3 Å². The summed E-state index contributed by atoms with van der Waals surface area (Å²) in [5.41, 5.74) is 8.33. The van der Waals surface area contributed by atoms with Crippen LogP contribution < -0.4 is 15.2 Å². The summed E-state index contributed by atoms with van der Waals surface area (Å²) in [6, 6.07) is 13.0. The van der Waals surface area contributed by atoms with Gasteiger partial charge in [-0.05, 0) is 36.4 Å². The molecule has 0 fully saturated rings. The van der Waals surface area contributed by atoms with Gasteiger partial charge in [0.15, 0.2) is 5.58 Å². The lowest BCUT2D eigenvalue weighted by Gasteiger charge is -2.09. The summed E-state index contributed by atoms with van der Waals surface area (Å²) < 4.78 is 39.0. The fourth-order valence-corrected chi connectivity index (χ4v) is 3.41. The number of benzene rings is 1. The van der Waals surface area contributed by atoms with Crippen LogP contribution in [0.5, 0.6) is 11.5 Å². The molecule has 4 rings (SSSR count). The highest BCUT2D eigenvalue weighted by molar-refractivity contribution is 5.77. The fraction of sp³-hybridized carbons (Fsp3) is 0.393. The van der Waals surface area contributed by atoms with Crippen LogP contribution in [-0.4, -0.2) is 81.0 Å². The van der Waals surface area contributed by atoms with Crippen LogP contribution >= 0.6 is 0 Å². The van der Waals surface area contributed by atoms with Crippen LogP contribution in [0.1, 0.15) is 5.69 Å². The number of nitrogens with zero attached hydrogens (tertiary/aromatic N) is 3. The average molecular weight is 539 g/mol. The minimum atomic E-state index is 0.315. The van der Waals surface area contributed by atoms with Gasteiger partial charge in [-0.25, -0.2) is 4.98 Å². The first-order valence-corrected chi connectivity index (χ1v) is 12.8. The zero-order valence-corrected chi connectivity index (χ0v) is 21.8. The summed E-state index contributed by atoms with van der Waals surface area (Å²) in [5, 5.41) is 0. The molecule has 0 amide bonds. The molecule has 0 radical (unpaired) electrons. The highest BCUT2D eigenvalue weighted by Gasteiger charge is 2.09. The maximum Gasteiger partial charge on any atom is 0.228 e. The van der Waals surface area contributed by atoms with Gasteiger partial charge in [-0.2, -0.15) is 0 Å². The van der Waals surface area contributed by atoms with Crippen molar-refractivity contribution in [3.05, 3.63) is 66.7 Å². The Morgan fingerprint density at radius 3 is 2.10 bits per heavy atom. The molecule has 208 valence electrons. The molecule has 4 aromatic rings. The van der Waals surface area contributed by atoms with Crippen molar-refractivity contribution in [3.63, 3.8) is 0 Å². The summed E-state index contributed by atoms with van der Waals surface area (Å²) in [6.45, 7) is 5.36. The molecule has 0 bridgehead atoms. The first-order valence-electron chi connectivity index (χ1n) is 12.8. The molecule has 11 heteroatoms. The average Bonchev–Trinajstić information content (AvgIpc) is 3.41. The van der Waals surface area contributed by atoms with Crippen molar-refractivity contribution in [3.8, 4) is 23.0 Å². The molecular weight excluding hydrogens is 504 g/mol. The Bertz CT molecular complexity index is 1220. The molecule has 0 saturated carbocycles. The number of ether oxygens (including phenoxy) is 6. The first kappa shape index (κ1) is 28.4. The van der Waals surface area contributed by atoms with E-state index >= 15 is 0 Å². The Hall–Kier alpha value is -3.61. The highest BCUT2D eigenvalue weighted by atomic mass is 16.6. The van der Waals surface area contributed by atoms with Crippen LogP contribution in [-0.2, 0) is 25.6 Å². The molecule has 0 spiro atoms. The van der Waals surface area contributed by atoms with E-state index in [4.69, 9.17) is 38.6 Å². The van der Waals surface area contributed by atoms with Gasteiger partial charge in [-0.15, -0.1) is 0 Å². The van der Waals surface area contributed by atoms with Gasteiger partial charge in [-0.3, -0.25) is 9.97 Å². The van der Waals surface area contributed by atoms with Crippen LogP contribution in [0.2, 0.25) is 0 Å². The zero-order valence-electron chi connectivity index (χ0n) is 21.8. The summed E-state index contributed by atoms with van der Waals surface area (Å²) in [5.74, 6) is 1.86. The zero-order chi connectivity index (χ0) is 27.0. The SMILES string of the molecule is NCCOCCOCCOCCOCCOc1ccc(COc2ccc3oc(-c4cccnc4)nc3c2)nc1. The normalized spacial score (nSPS) is 11.2. The van der Waals surface area contributed by atoms with Crippen LogP contribution in [0.25, 0.3) is 22.6 Å². The largest absolute Gasteiger partial charge is 0.490 e. The number of aromatic nitrogens is 3. The Labute approximate surface area is 227 Å². The van der Waals surface area contributed by atoms with Gasteiger partial charge in [0.1, 0.15) is 30.2 Å². The Balaban J connectivity index is 1.07. The lowest BCUT2D eigenvalue weighted by atomic mass is 10.3. The topological polar surface area (TPSA) is 133 Å². The van der Waals surface area contributed by atoms with Gasteiger partial charge in [-0.1, -0.05) is 0 Å². The molecule has 39 heavy (non-hydrogen) atoms. The van der Waals surface area contributed by atoms with Crippen molar-refractivity contribution < 1.29 is 32.8 Å². The van der Waals surface area contributed by atoms with E-state index in [0.717, 1.165) is 11.3 Å². The minimum absolute atomic E-state index is 0.315. The fourth-order valence-electron chi connectivity index (χ4n) is 3.41. The molecule has 0 saturated heterocycles. The van der Waals surface area contributed by atoms with Crippen LogP contribution in [0, 0.1) is 0 Å². The van der Waals surface area contributed by atoms with E-state index in [1.807, 2.05) is 42.5 Å². The van der Waals surface area contributed by atoms with Crippen LogP contribution in [0.4, 0.5) is 0 Å². The molecule has 1 aromatic carbocycles. The second-order valence-electron chi connectivity index (χ2n) is 8.25. The monoisotopic (exact) mass is 538 g/mol.